The zero-order chi connectivity index (χ0) is 22.3. The maximum atomic E-state index is 12.9. The summed E-state index contributed by atoms with van der Waals surface area (Å²) in [7, 11) is 0. The van der Waals surface area contributed by atoms with E-state index < -0.39 is 43.4 Å². The van der Waals surface area contributed by atoms with E-state index in [0.717, 1.165) is 6.07 Å². The van der Waals surface area contributed by atoms with Crippen LogP contribution in [-0.2, 0) is 4.74 Å². The highest BCUT2D eigenvalue weighted by Gasteiger charge is 2.45. The number of ether oxygens (including phenoxy) is 3. The number of benzene rings is 2. The average molecular weight is 434 g/mol. The summed E-state index contributed by atoms with van der Waals surface area (Å²) < 4.78 is 16.8. The molecule has 2 aliphatic rings. The van der Waals surface area contributed by atoms with Crippen molar-refractivity contribution in [2.75, 3.05) is 6.61 Å². The topological polar surface area (TPSA) is 166 Å². The number of phenolic OH excluding ortho intramolecular Hbond substituents is 2. The first-order valence-corrected chi connectivity index (χ1v) is 9.61. The van der Waals surface area contributed by atoms with E-state index in [9.17, 15) is 35.4 Å². The predicted molar refractivity (Wildman–Crippen MR) is 103 cm³/mol. The molecule has 0 amide bonds. The van der Waals surface area contributed by atoms with Gasteiger partial charge in [0, 0.05) is 12.1 Å². The van der Waals surface area contributed by atoms with Crippen LogP contribution >= 0.6 is 0 Å². The Morgan fingerprint density at radius 3 is 2.35 bits per heavy atom. The van der Waals surface area contributed by atoms with Crippen LogP contribution in [0.15, 0.2) is 36.4 Å². The number of aliphatic hydroxyl groups excluding tert-OH is 4. The van der Waals surface area contributed by atoms with Gasteiger partial charge in [-0.25, -0.2) is 0 Å². The first-order valence-electron chi connectivity index (χ1n) is 9.61. The van der Waals surface area contributed by atoms with Gasteiger partial charge in [0.2, 0.25) is 6.29 Å². The highest BCUT2D eigenvalue weighted by Crippen LogP contribution is 2.43. The van der Waals surface area contributed by atoms with Crippen LogP contribution in [0.2, 0.25) is 0 Å². The van der Waals surface area contributed by atoms with Gasteiger partial charge in [-0.2, -0.15) is 0 Å². The minimum atomic E-state index is -1.68. The third-order valence-electron chi connectivity index (χ3n) is 5.33. The van der Waals surface area contributed by atoms with E-state index in [4.69, 9.17) is 14.2 Å². The van der Waals surface area contributed by atoms with Crippen LogP contribution in [0.3, 0.4) is 0 Å². The van der Waals surface area contributed by atoms with Crippen LogP contribution in [0.1, 0.15) is 28.4 Å². The third kappa shape index (κ3) is 4.03. The lowest BCUT2D eigenvalue weighted by molar-refractivity contribution is -0.277. The Morgan fingerprint density at radius 2 is 1.68 bits per heavy atom. The fourth-order valence-corrected chi connectivity index (χ4v) is 3.67. The van der Waals surface area contributed by atoms with Crippen molar-refractivity contribution in [3.8, 4) is 23.0 Å². The first-order chi connectivity index (χ1) is 14.8. The number of ketones is 1. The normalized spacial score (nSPS) is 30.4. The minimum absolute atomic E-state index is 0.0183. The summed E-state index contributed by atoms with van der Waals surface area (Å²) in [5.41, 5.74) is 0.668. The van der Waals surface area contributed by atoms with Gasteiger partial charge < -0.3 is 44.8 Å². The monoisotopic (exact) mass is 434 g/mol. The van der Waals surface area contributed by atoms with Gasteiger partial charge in [-0.1, -0.05) is 12.1 Å². The molecule has 10 nitrogen and oxygen atoms in total. The van der Waals surface area contributed by atoms with Crippen molar-refractivity contribution in [1.82, 2.24) is 0 Å². The summed E-state index contributed by atoms with van der Waals surface area (Å²) in [5, 5.41) is 58.9. The second kappa shape index (κ2) is 8.33. The van der Waals surface area contributed by atoms with E-state index in [1.165, 1.54) is 18.2 Å². The average Bonchev–Trinajstić information content (AvgIpc) is 2.74. The lowest BCUT2D eigenvalue weighted by atomic mass is 9.95. The van der Waals surface area contributed by atoms with Gasteiger partial charge in [0.25, 0.3) is 0 Å². The fraction of sp³-hybridized carbons (Fsp3) is 0.381. The third-order valence-corrected chi connectivity index (χ3v) is 5.33. The van der Waals surface area contributed by atoms with Crippen LogP contribution in [0.5, 0.6) is 23.0 Å². The number of carbonyl (C=O) groups excluding carboxylic acids is 1. The van der Waals surface area contributed by atoms with Crippen molar-refractivity contribution in [1.29, 1.82) is 0 Å². The SMILES string of the molecule is O=C1C[C@@H](c2ccc(O)cc2)Oc2cc(O)cc(O[C@@H]3O[C@@H](CO)[C@@H](O)[C@@H](O)[C@H]3O)c21. The number of rotatable bonds is 4. The molecule has 2 aliphatic heterocycles. The summed E-state index contributed by atoms with van der Waals surface area (Å²) >= 11 is 0. The Balaban J connectivity index is 1.63. The molecular weight excluding hydrogens is 412 g/mol. The smallest absolute Gasteiger partial charge is 0.229 e. The molecule has 6 N–H and O–H groups in total. The lowest BCUT2D eigenvalue weighted by Crippen LogP contribution is -2.60. The number of hydrogen-bond acceptors (Lipinski definition) is 10. The number of carbonyl (C=O) groups is 1. The van der Waals surface area contributed by atoms with E-state index in [2.05, 4.69) is 0 Å². The van der Waals surface area contributed by atoms with Gasteiger partial charge in [-0.05, 0) is 17.7 Å². The van der Waals surface area contributed by atoms with Crippen molar-refractivity contribution in [3.63, 3.8) is 0 Å². The molecule has 0 unspecified atom stereocenters. The van der Waals surface area contributed by atoms with Gasteiger partial charge in [0.1, 0.15) is 59.1 Å². The molecule has 1 saturated heterocycles. The molecule has 31 heavy (non-hydrogen) atoms. The Bertz CT molecular complexity index is 957. The summed E-state index contributed by atoms with van der Waals surface area (Å²) in [5.74, 6) is -0.669. The Hall–Kier alpha value is -2.89. The van der Waals surface area contributed by atoms with Gasteiger partial charge in [-0.3, -0.25) is 4.79 Å². The van der Waals surface area contributed by atoms with Crippen LogP contribution in [-0.4, -0.2) is 73.7 Å². The predicted octanol–water partition coefficient (Wildman–Crippen LogP) is -0.0170. The number of Topliss-reactive ketones (excluding diaryl/α,β-unsaturated/α-hetero) is 1. The maximum Gasteiger partial charge on any atom is 0.229 e. The zero-order valence-electron chi connectivity index (χ0n) is 16.2. The van der Waals surface area contributed by atoms with Gasteiger partial charge in [0.05, 0.1) is 13.0 Å². The standard InChI is InChI=1S/C21H22O10/c22-8-16-18(26)19(27)20(28)21(31-16)30-15-6-11(24)5-14-17(15)12(25)7-13(29-14)9-1-3-10(23)4-2-9/h1-6,13,16,18-24,26-28H,7-8H2/t13-,16-,18+,19+,20+,21+/m0/s1. The fourth-order valence-electron chi connectivity index (χ4n) is 3.67. The molecule has 0 saturated carbocycles. The molecule has 6 atom stereocenters. The summed E-state index contributed by atoms with van der Waals surface area (Å²) in [6.45, 7) is -0.640. The molecule has 166 valence electrons. The molecule has 0 bridgehead atoms. The highest BCUT2D eigenvalue weighted by atomic mass is 16.7. The van der Waals surface area contributed by atoms with E-state index >= 15 is 0 Å². The van der Waals surface area contributed by atoms with Crippen molar-refractivity contribution in [2.24, 2.45) is 0 Å². The summed E-state index contributed by atoms with van der Waals surface area (Å²) in [4.78, 5) is 12.9. The largest absolute Gasteiger partial charge is 0.508 e. The molecular formula is C21H22O10. The van der Waals surface area contributed by atoms with Gasteiger partial charge in [0.15, 0.2) is 5.78 Å². The van der Waals surface area contributed by atoms with E-state index in [1.807, 2.05) is 0 Å². The van der Waals surface area contributed by atoms with Crippen molar-refractivity contribution >= 4 is 5.78 Å². The van der Waals surface area contributed by atoms with Crippen LogP contribution in [0.25, 0.3) is 0 Å². The molecule has 0 aliphatic carbocycles. The van der Waals surface area contributed by atoms with Crippen molar-refractivity contribution in [2.45, 2.75) is 43.2 Å². The second-order valence-electron chi connectivity index (χ2n) is 7.46. The van der Waals surface area contributed by atoms with Crippen molar-refractivity contribution < 1.29 is 49.6 Å². The highest BCUT2D eigenvalue weighted by molar-refractivity contribution is 6.02. The molecule has 0 aromatic heterocycles. The molecule has 2 aromatic rings. The zero-order valence-corrected chi connectivity index (χ0v) is 16.2. The number of hydrogen-bond donors (Lipinski definition) is 6. The van der Waals surface area contributed by atoms with Gasteiger partial charge >= 0.3 is 0 Å². The molecule has 4 rings (SSSR count). The molecule has 2 aromatic carbocycles. The second-order valence-corrected chi connectivity index (χ2v) is 7.46. The van der Waals surface area contributed by atoms with E-state index in [1.54, 1.807) is 12.1 Å². The minimum Gasteiger partial charge on any atom is -0.508 e. The molecule has 2 heterocycles. The van der Waals surface area contributed by atoms with Crippen LogP contribution < -0.4 is 9.47 Å². The quantitative estimate of drug-likeness (QED) is 0.385. The Labute approximate surface area is 176 Å². The number of aliphatic hydroxyl groups is 4. The van der Waals surface area contributed by atoms with Crippen molar-refractivity contribution in [3.05, 3.63) is 47.5 Å². The number of phenols is 2. The first kappa shape index (κ1) is 21.3. The van der Waals surface area contributed by atoms with E-state index in [-0.39, 0.29) is 40.8 Å². The van der Waals surface area contributed by atoms with Crippen LogP contribution in [0.4, 0.5) is 0 Å². The van der Waals surface area contributed by atoms with E-state index in [0.29, 0.717) is 5.56 Å². The number of aromatic hydroxyl groups is 2. The Kier molecular flexibility index (Phi) is 5.73. The Morgan fingerprint density at radius 1 is 0.968 bits per heavy atom. The summed E-state index contributed by atoms with van der Waals surface area (Å²) in [6.07, 6.45) is -8.31. The number of fused-ring (bicyclic) bond motifs is 1. The molecule has 0 radical (unpaired) electrons. The molecule has 10 heteroatoms. The summed E-state index contributed by atoms with van der Waals surface area (Å²) in [6, 6.07) is 8.56. The maximum absolute atomic E-state index is 12.9. The lowest BCUT2D eigenvalue weighted by Gasteiger charge is -2.40. The molecule has 1 fully saturated rings. The molecule has 0 spiro atoms. The van der Waals surface area contributed by atoms with Crippen LogP contribution in [0, 0.1) is 0 Å². The van der Waals surface area contributed by atoms with Gasteiger partial charge in [-0.15, -0.1) is 0 Å².